The van der Waals surface area contributed by atoms with Crippen LogP contribution >= 0.6 is 0 Å². The van der Waals surface area contributed by atoms with Gasteiger partial charge < -0.3 is 9.64 Å². The van der Waals surface area contributed by atoms with E-state index in [2.05, 4.69) is 0 Å². The van der Waals surface area contributed by atoms with Gasteiger partial charge in [-0.2, -0.15) is 0 Å². The van der Waals surface area contributed by atoms with Crippen molar-refractivity contribution in [3.8, 4) is 0 Å². The van der Waals surface area contributed by atoms with Crippen molar-refractivity contribution < 1.29 is 9.53 Å². The van der Waals surface area contributed by atoms with Gasteiger partial charge in [-0.15, -0.1) is 0 Å². The molecule has 1 aliphatic rings. The molecule has 100 valence electrons. The van der Waals surface area contributed by atoms with Gasteiger partial charge in [-0.3, -0.25) is 4.79 Å². The zero-order valence-electron chi connectivity index (χ0n) is 11.5. The van der Waals surface area contributed by atoms with E-state index < -0.39 is 0 Å². The Morgan fingerprint density at radius 2 is 1.65 bits per heavy atom. The Kier molecular flexibility index (Phi) is 3.03. The quantitative estimate of drug-likeness (QED) is 0.616. The molecule has 1 aliphatic heterocycles. The minimum absolute atomic E-state index is 0.0353. The summed E-state index contributed by atoms with van der Waals surface area (Å²) >= 11 is 0. The number of hydrogen-bond donors (Lipinski definition) is 0. The van der Waals surface area contributed by atoms with Gasteiger partial charge in [-0.1, -0.05) is 48.5 Å². The topological polar surface area (TPSA) is 29.5 Å². The fourth-order valence-electron chi connectivity index (χ4n) is 2.54. The Morgan fingerprint density at radius 3 is 2.35 bits per heavy atom. The van der Waals surface area contributed by atoms with Gasteiger partial charge in [-0.25, -0.2) is 0 Å². The van der Waals surface area contributed by atoms with Crippen LogP contribution in [-0.2, 0) is 9.53 Å². The number of likely N-dealkylation sites (N-methyl/N-ethyl adjacent to an activating group) is 1. The van der Waals surface area contributed by atoms with Crippen LogP contribution in [0.3, 0.4) is 0 Å². The first kappa shape index (κ1) is 12.5. The zero-order chi connectivity index (χ0) is 14.1. The van der Waals surface area contributed by atoms with Gasteiger partial charge in [0.1, 0.15) is 5.76 Å². The van der Waals surface area contributed by atoms with Crippen LogP contribution in [0.1, 0.15) is 11.1 Å². The lowest BCUT2D eigenvalue weighted by atomic mass is 10.0. The highest BCUT2D eigenvalue weighted by molar-refractivity contribution is 6.36. The number of fused-ring (bicyclic) bond motifs is 1. The van der Waals surface area contributed by atoms with Crippen molar-refractivity contribution in [2.75, 3.05) is 19.1 Å². The summed E-state index contributed by atoms with van der Waals surface area (Å²) in [5, 5.41) is 0. The zero-order valence-corrected chi connectivity index (χ0v) is 11.5. The van der Waals surface area contributed by atoms with E-state index in [0.29, 0.717) is 11.3 Å². The third kappa shape index (κ3) is 1.79. The smallest absolute Gasteiger partial charge is 0.262 e. The van der Waals surface area contributed by atoms with Gasteiger partial charge >= 0.3 is 0 Å². The van der Waals surface area contributed by atoms with E-state index >= 15 is 0 Å². The fourth-order valence-corrected chi connectivity index (χ4v) is 2.54. The molecule has 0 bridgehead atoms. The average molecular weight is 265 g/mol. The number of ether oxygens (including phenoxy) is 1. The normalized spacial score (nSPS) is 16.1. The molecule has 0 radical (unpaired) electrons. The van der Waals surface area contributed by atoms with Crippen molar-refractivity contribution >= 4 is 22.9 Å². The summed E-state index contributed by atoms with van der Waals surface area (Å²) in [6.45, 7) is 0. The highest BCUT2D eigenvalue weighted by Crippen LogP contribution is 2.39. The molecule has 0 N–H and O–H groups in total. The van der Waals surface area contributed by atoms with Crippen molar-refractivity contribution in [2.24, 2.45) is 0 Å². The van der Waals surface area contributed by atoms with Gasteiger partial charge in [0.15, 0.2) is 0 Å². The third-order valence-corrected chi connectivity index (χ3v) is 3.52. The Hall–Kier alpha value is -2.55. The molecule has 0 saturated carbocycles. The molecule has 3 rings (SSSR count). The van der Waals surface area contributed by atoms with E-state index in [1.807, 2.05) is 54.6 Å². The standard InChI is InChI=1S/C17H15NO2/c1-18-14-11-7-6-10-13(14)15(17(18)19)16(20-2)12-8-4-3-5-9-12/h3-11H,1-2H3. The molecule has 3 heteroatoms. The van der Waals surface area contributed by atoms with Crippen LogP contribution in [0, 0.1) is 0 Å². The molecule has 0 aliphatic carbocycles. The molecule has 1 heterocycles. The molecule has 0 spiro atoms. The number of rotatable bonds is 2. The maximum atomic E-state index is 12.5. The summed E-state index contributed by atoms with van der Waals surface area (Å²) in [6.07, 6.45) is 0. The van der Waals surface area contributed by atoms with Gasteiger partial charge in [0.2, 0.25) is 0 Å². The second-order valence-electron chi connectivity index (χ2n) is 4.66. The predicted octanol–water partition coefficient (Wildman–Crippen LogP) is 3.18. The lowest BCUT2D eigenvalue weighted by Crippen LogP contribution is -2.21. The second-order valence-corrected chi connectivity index (χ2v) is 4.66. The summed E-state index contributed by atoms with van der Waals surface area (Å²) in [5.74, 6) is 0.583. The average Bonchev–Trinajstić information content (AvgIpc) is 2.75. The van der Waals surface area contributed by atoms with Crippen molar-refractivity contribution in [3.05, 3.63) is 65.7 Å². The number of benzene rings is 2. The number of anilines is 1. The van der Waals surface area contributed by atoms with Crippen molar-refractivity contribution in [1.82, 2.24) is 0 Å². The van der Waals surface area contributed by atoms with E-state index in [4.69, 9.17) is 4.74 Å². The van der Waals surface area contributed by atoms with E-state index in [0.717, 1.165) is 16.8 Å². The Bertz CT molecular complexity index is 689. The Morgan fingerprint density at radius 1 is 1.00 bits per heavy atom. The molecule has 2 aromatic rings. The number of carbonyl (C=O) groups excluding carboxylic acids is 1. The molecular weight excluding hydrogens is 250 g/mol. The monoisotopic (exact) mass is 265 g/mol. The summed E-state index contributed by atoms with van der Waals surface area (Å²) in [5.41, 5.74) is 3.36. The molecule has 0 atom stereocenters. The van der Waals surface area contributed by atoms with Gasteiger partial charge in [0.05, 0.1) is 18.4 Å². The summed E-state index contributed by atoms with van der Waals surface area (Å²) < 4.78 is 5.53. The van der Waals surface area contributed by atoms with Crippen LogP contribution in [0.25, 0.3) is 11.3 Å². The first-order valence-electron chi connectivity index (χ1n) is 6.45. The molecule has 3 nitrogen and oxygen atoms in total. The van der Waals surface area contributed by atoms with Gasteiger partial charge in [0, 0.05) is 18.2 Å². The van der Waals surface area contributed by atoms with Crippen LogP contribution in [0.15, 0.2) is 54.6 Å². The minimum atomic E-state index is -0.0353. The number of amides is 1. The lowest BCUT2D eigenvalue weighted by molar-refractivity contribution is -0.112. The SMILES string of the molecule is COC(=C1C(=O)N(C)c2ccccc21)c1ccccc1. The maximum absolute atomic E-state index is 12.5. The Balaban J connectivity index is 2.26. The Labute approximate surface area is 118 Å². The molecule has 0 unspecified atom stereocenters. The number of para-hydroxylation sites is 1. The molecule has 0 saturated heterocycles. The van der Waals surface area contributed by atoms with E-state index in [9.17, 15) is 4.79 Å². The van der Waals surface area contributed by atoms with Crippen LogP contribution in [-0.4, -0.2) is 20.1 Å². The summed E-state index contributed by atoms with van der Waals surface area (Å²) in [6, 6.07) is 17.5. The van der Waals surface area contributed by atoms with Crippen molar-refractivity contribution in [2.45, 2.75) is 0 Å². The largest absolute Gasteiger partial charge is 0.495 e. The second kappa shape index (κ2) is 4.85. The summed E-state index contributed by atoms with van der Waals surface area (Å²) in [7, 11) is 3.38. The molecule has 0 aromatic heterocycles. The maximum Gasteiger partial charge on any atom is 0.262 e. The molecule has 0 fully saturated rings. The number of nitrogens with zero attached hydrogens (tertiary/aromatic N) is 1. The van der Waals surface area contributed by atoms with Crippen LogP contribution in [0.4, 0.5) is 5.69 Å². The first-order chi connectivity index (χ1) is 9.74. The molecule has 1 amide bonds. The van der Waals surface area contributed by atoms with E-state index in [1.165, 1.54) is 0 Å². The number of carbonyl (C=O) groups is 1. The third-order valence-electron chi connectivity index (χ3n) is 3.52. The lowest BCUT2D eigenvalue weighted by Gasteiger charge is -2.10. The minimum Gasteiger partial charge on any atom is -0.495 e. The number of hydrogen-bond acceptors (Lipinski definition) is 2. The first-order valence-corrected chi connectivity index (χ1v) is 6.45. The predicted molar refractivity (Wildman–Crippen MR) is 80.1 cm³/mol. The van der Waals surface area contributed by atoms with Crippen molar-refractivity contribution in [3.63, 3.8) is 0 Å². The van der Waals surface area contributed by atoms with Gasteiger partial charge in [-0.05, 0) is 6.07 Å². The van der Waals surface area contributed by atoms with E-state index in [1.54, 1.807) is 19.1 Å². The molecule has 20 heavy (non-hydrogen) atoms. The summed E-state index contributed by atoms with van der Waals surface area (Å²) in [4.78, 5) is 14.2. The van der Waals surface area contributed by atoms with Crippen LogP contribution < -0.4 is 4.90 Å². The number of methoxy groups -OCH3 is 1. The fraction of sp³-hybridized carbons (Fsp3) is 0.118. The van der Waals surface area contributed by atoms with Crippen LogP contribution in [0.5, 0.6) is 0 Å². The molecule has 2 aromatic carbocycles. The van der Waals surface area contributed by atoms with Crippen LogP contribution in [0.2, 0.25) is 0 Å². The van der Waals surface area contributed by atoms with Crippen molar-refractivity contribution in [1.29, 1.82) is 0 Å². The highest BCUT2D eigenvalue weighted by atomic mass is 16.5. The van der Waals surface area contributed by atoms with E-state index in [-0.39, 0.29) is 5.91 Å². The highest BCUT2D eigenvalue weighted by Gasteiger charge is 2.33. The molecular formula is C17H15NO2. The van der Waals surface area contributed by atoms with Gasteiger partial charge in [0.25, 0.3) is 5.91 Å².